The molecule has 0 aliphatic carbocycles. The van der Waals surface area contributed by atoms with Gasteiger partial charge in [-0.25, -0.2) is 4.98 Å². The minimum atomic E-state index is -0.266. The summed E-state index contributed by atoms with van der Waals surface area (Å²) in [7, 11) is 2.24. The van der Waals surface area contributed by atoms with Crippen LogP contribution >= 0.6 is 0 Å². The highest BCUT2D eigenvalue weighted by molar-refractivity contribution is 6.03. The van der Waals surface area contributed by atoms with Crippen LogP contribution in [0.1, 0.15) is 46.7 Å². The molecule has 0 spiro atoms. The second-order valence-corrected chi connectivity index (χ2v) is 11.8. The van der Waals surface area contributed by atoms with Crippen LogP contribution in [0.4, 0.5) is 28.4 Å². The molecule has 5 heterocycles. The zero-order valence-corrected chi connectivity index (χ0v) is 25.1. The molecule has 7 rings (SSSR count). The number of carbonyl (C=O) groups excluding carboxylic acids is 1. The quantitative estimate of drug-likeness (QED) is 0.182. The van der Waals surface area contributed by atoms with Crippen molar-refractivity contribution in [2.75, 3.05) is 23.0 Å². The predicted molar refractivity (Wildman–Crippen MR) is 178 cm³/mol. The van der Waals surface area contributed by atoms with E-state index in [2.05, 4.69) is 68.2 Å². The van der Waals surface area contributed by atoms with Gasteiger partial charge < -0.3 is 16.0 Å². The molecule has 0 saturated carbocycles. The third kappa shape index (κ3) is 5.76. The van der Waals surface area contributed by atoms with Crippen LogP contribution in [0.25, 0.3) is 16.5 Å². The summed E-state index contributed by atoms with van der Waals surface area (Å²) in [6.07, 6.45) is 9.50. The van der Waals surface area contributed by atoms with Gasteiger partial charge in [-0.15, -0.1) is 0 Å². The second-order valence-electron chi connectivity index (χ2n) is 11.8. The van der Waals surface area contributed by atoms with Crippen LogP contribution < -0.4 is 16.0 Å². The first-order chi connectivity index (χ1) is 21.4. The van der Waals surface area contributed by atoms with E-state index in [1.54, 1.807) is 18.5 Å². The molecule has 2 aromatic carbocycles. The number of aryl methyl sites for hydroxylation is 2. The van der Waals surface area contributed by atoms with Gasteiger partial charge in [-0.3, -0.25) is 19.7 Å². The average Bonchev–Trinajstić information content (AvgIpc) is 3.21. The summed E-state index contributed by atoms with van der Waals surface area (Å²) < 4.78 is 0. The molecular formula is C36H35N7O. The molecule has 3 aromatic heterocycles. The summed E-state index contributed by atoms with van der Waals surface area (Å²) in [4.78, 5) is 28.9. The number of carbonyl (C=O) groups is 1. The number of nitrogens with zero attached hydrogens (tertiary/aromatic N) is 4. The van der Waals surface area contributed by atoms with Gasteiger partial charge in [0.25, 0.3) is 5.91 Å². The fourth-order valence-corrected chi connectivity index (χ4v) is 6.30. The maximum atomic E-state index is 12.9. The van der Waals surface area contributed by atoms with Gasteiger partial charge in [0, 0.05) is 57.8 Å². The van der Waals surface area contributed by atoms with E-state index < -0.39 is 0 Å². The van der Waals surface area contributed by atoms with Crippen molar-refractivity contribution >= 4 is 50.8 Å². The average molecular weight is 582 g/mol. The number of pyridine rings is 3. The van der Waals surface area contributed by atoms with E-state index in [4.69, 9.17) is 4.98 Å². The first-order valence-corrected chi connectivity index (χ1v) is 15.1. The number of nitrogens with one attached hydrogen (secondary N) is 3. The Kier molecular flexibility index (Phi) is 7.28. The molecule has 2 atom stereocenters. The fourth-order valence-electron chi connectivity index (χ4n) is 6.30. The minimum absolute atomic E-state index is 0.266. The molecule has 2 aliphatic heterocycles. The maximum absolute atomic E-state index is 12.9. The molecule has 5 aromatic rings. The van der Waals surface area contributed by atoms with Crippen molar-refractivity contribution in [3.8, 4) is 0 Å². The van der Waals surface area contributed by atoms with E-state index in [9.17, 15) is 4.79 Å². The Morgan fingerprint density at radius 1 is 0.818 bits per heavy atom. The summed E-state index contributed by atoms with van der Waals surface area (Å²) in [6.45, 7) is 3.96. The molecule has 8 heteroatoms. The maximum Gasteiger partial charge on any atom is 0.274 e. The number of hydrogen-bond acceptors (Lipinski definition) is 7. The van der Waals surface area contributed by atoms with Crippen LogP contribution in [0.2, 0.25) is 0 Å². The van der Waals surface area contributed by atoms with Crippen molar-refractivity contribution in [1.29, 1.82) is 0 Å². The molecule has 1 fully saturated rings. The Labute approximate surface area is 257 Å². The molecule has 2 bridgehead atoms. The van der Waals surface area contributed by atoms with Gasteiger partial charge in [-0.1, -0.05) is 12.1 Å². The van der Waals surface area contributed by atoms with Crippen molar-refractivity contribution < 1.29 is 4.79 Å². The topological polar surface area (TPSA) is 95.1 Å². The normalized spacial score (nSPS) is 17.8. The largest absolute Gasteiger partial charge is 0.355 e. The Balaban J connectivity index is 1.05. The van der Waals surface area contributed by atoms with E-state index in [0.717, 1.165) is 51.5 Å². The first kappa shape index (κ1) is 27.7. The summed E-state index contributed by atoms with van der Waals surface area (Å²) in [5.41, 5.74) is 10.2. The van der Waals surface area contributed by atoms with Crippen LogP contribution in [0.5, 0.6) is 0 Å². The van der Waals surface area contributed by atoms with Crippen molar-refractivity contribution in [2.24, 2.45) is 0 Å². The molecule has 0 radical (unpaired) electrons. The Morgan fingerprint density at radius 2 is 1.64 bits per heavy atom. The summed E-state index contributed by atoms with van der Waals surface area (Å²) in [5, 5.41) is 10.9. The molecule has 1 unspecified atom stereocenters. The van der Waals surface area contributed by atoms with Gasteiger partial charge in [0.2, 0.25) is 0 Å². The molecule has 1 saturated heterocycles. The minimum Gasteiger partial charge on any atom is -0.355 e. The van der Waals surface area contributed by atoms with Crippen LogP contribution in [0.3, 0.4) is 0 Å². The van der Waals surface area contributed by atoms with Gasteiger partial charge >= 0.3 is 0 Å². The molecule has 3 N–H and O–H groups in total. The van der Waals surface area contributed by atoms with Gasteiger partial charge in [-0.05, 0) is 118 Å². The summed E-state index contributed by atoms with van der Waals surface area (Å²) >= 11 is 0. The number of anilines is 5. The molecule has 44 heavy (non-hydrogen) atoms. The van der Waals surface area contributed by atoms with Gasteiger partial charge in [0.1, 0.15) is 5.69 Å². The molecular weight excluding hydrogens is 546 g/mol. The molecule has 8 nitrogen and oxygen atoms in total. The van der Waals surface area contributed by atoms with Gasteiger partial charge in [0.05, 0.1) is 17.4 Å². The van der Waals surface area contributed by atoms with Crippen molar-refractivity contribution in [2.45, 2.75) is 45.2 Å². The second kappa shape index (κ2) is 11.5. The highest BCUT2D eigenvalue weighted by atomic mass is 16.1. The highest BCUT2D eigenvalue weighted by Crippen LogP contribution is 2.39. The molecule has 220 valence electrons. The summed E-state index contributed by atoms with van der Waals surface area (Å²) in [6, 6.07) is 24.9. The lowest BCUT2D eigenvalue weighted by Crippen LogP contribution is -2.34. The number of likely N-dealkylation sites (N-methyl/N-ethyl adjacent to an activating group) is 1. The van der Waals surface area contributed by atoms with E-state index >= 15 is 0 Å². The van der Waals surface area contributed by atoms with Crippen LogP contribution in [-0.2, 0) is 0 Å². The monoisotopic (exact) mass is 581 g/mol. The van der Waals surface area contributed by atoms with Crippen LogP contribution in [-0.4, -0.2) is 44.9 Å². The Bertz CT molecular complexity index is 1880. The third-order valence-electron chi connectivity index (χ3n) is 8.65. The number of amides is 1. The Morgan fingerprint density at radius 3 is 2.41 bits per heavy atom. The molecule has 2 aliphatic rings. The zero-order chi connectivity index (χ0) is 30.2. The standard InChI is InChI=1S/C36H35N7O/c1-22-16-28(14-15-37-22)40-26-5-7-27(8-6-26)42-36(44)34-13-9-29(21-38-34)41-35-17-23(2)39-33-12-4-24(20-32(33)35)25-18-30-10-11-31(19-25)43(30)3/h4-9,12-18,20-21,30-31H,10-11,19H2,1-3H3,(H,37,40)(H,39,41)(H,42,44)/t30-,31?/m0/s1. The Hall–Kier alpha value is -5.08. The van der Waals surface area contributed by atoms with E-state index in [1.807, 2.05) is 56.3 Å². The summed E-state index contributed by atoms with van der Waals surface area (Å²) in [5.74, 6) is -0.266. The van der Waals surface area contributed by atoms with E-state index in [-0.39, 0.29) is 5.91 Å². The van der Waals surface area contributed by atoms with Gasteiger partial charge in [-0.2, -0.15) is 0 Å². The smallest absolute Gasteiger partial charge is 0.274 e. The van der Waals surface area contributed by atoms with Crippen molar-refractivity contribution in [3.63, 3.8) is 0 Å². The van der Waals surface area contributed by atoms with E-state index in [1.165, 1.54) is 24.0 Å². The first-order valence-electron chi connectivity index (χ1n) is 15.1. The van der Waals surface area contributed by atoms with Crippen LogP contribution in [0, 0.1) is 13.8 Å². The lowest BCUT2D eigenvalue weighted by atomic mass is 9.94. The fraction of sp³-hybridized carbons (Fsp3) is 0.222. The SMILES string of the molecule is Cc1cc(Nc2ccc(NC(=O)c3ccc(Nc4cc(C)nc5ccc(C6=C[C@@H]7CCC(C6)N7C)cc45)cn3)cc2)ccn1. The number of fused-ring (bicyclic) bond motifs is 3. The third-order valence-corrected chi connectivity index (χ3v) is 8.65. The number of rotatable bonds is 7. The lowest BCUT2D eigenvalue weighted by Gasteiger charge is -2.30. The highest BCUT2D eigenvalue weighted by Gasteiger charge is 2.34. The van der Waals surface area contributed by atoms with Crippen LogP contribution in [0.15, 0.2) is 91.3 Å². The number of benzene rings is 2. The lowest BCUT2D eigenvalue weighted by molar-refractivity contribution is 0.102. The predicted octanol–water partition coefficient (Wildman–Crippen LogP) is 7.63. The molecule has 1 amide bonds. The van der Waals surface area contributed by atoms with Crippen molar-refractivity contribution in [3.05, 3.63) is 114 Å². The van der Waals surface area contributed by atoms with E-state index in [0.29, 0.717) is 23.5 Å². The van der Waals surface area contributed by atoms with Crippen molar-refractivity contribution in [1.82, 2.24) is 19.9 Å². The van der Waals surface area contributed by atoms with Gasteiger partial charge in [0.15, 0.2) is 0 Å². The number of hydrogen-bond donors (Lipinski definition) is 3. The zero-order valence-electron chi connectivity index (χ0n) is 25.1. The number of aromatic nitrogens is 3.